The first-order valence-electron chi connectivity index (χ1n) is 7.87. The lowest BCUT2D eigenvalue weighted by atomic mass is 10.2. The van der Waals surface area contributed by atoms with Crippen molar-refractivity contribution in [2.45, 2.75) is 45.2 Å². The number of hydrogen-bond donors (Lipinski definition) is 0. The van der Waals surface area contributed by atoms with E-state index in [9.17, 15) is 0 Å². The van der Waals surface area contributed by atoms with Crippen LogP contribution >= 0.6 is 0 Å². The second-order valence-electron chi connectivity index (χ2n) is 5.83. The fourth-order valence-corrected chi connectivity index (χ4v) is 3.30. The molecule has 2 heterocycles. The van der Waals surface area contributed by atoms with E-state index in [-0.39, 0.29) is 6.04 Å². The zero-order valence-electron chi connectivity index (χ0n) is 12.6. The van der Waals surface area contributed by atoms with Gasteiger partial charge in [0, 0.05) is 0 Å². The summed E-state index contributed by atoms with van der Waals surface area (Å²) >= 11 is 0. The van der Waals surface area contributed by atoms with Gasteiger partial charge in [-0.15, -0.1) is 0 Å². The number of imidazole rings is 1. The van der Waals surface area contributed by atoms with Gasteiger partial charge in [0.1, 0.15) is 12.4 Å². The van der Waals surface area contributed by atoms with E-state index in [2.05, 4.69) is 28.5 Å². The van der Waals surface area contributed by atoms with Crippen LogP contribution in [-0.2, 0) is 6.54 Å². The normalized spacial score (nSPS) is 18.3. The standard InChI is InChI=1S/C17H22N4/c1-14(20-11-6-2-3-7-12-20)17-19-15-8-4-5-9-16(15)21(17)13-10-18/h4-5,8-9,14H,2-3,6-7,11-13H2,1H3. The Labute approximate surface area is 126 Å². The SMILES string of the molecule is CC(c1nc2ccccc2n1CC#N)N1CCCCCC1. The van der Waals surface area contributed by atoms with E-state index in [4.69, 9.17) is 10.2 Å². The maximum atomic E-state index is 9.15. The van der Waals surface area contributed by atoms with E-state index in [1.807, 2.05) is 18.2 Å². The van der Waals surface area contributed by atoms with Crippen LogP contribution in [0.1, 0.15) is 44.5 Å². The van der Waals surface area contributed by atoms with E-state index in [1.165, 1.54) is 25.7 Å². The Hall–Kier alpha value is -1.86. The second-order valence-corrected chi connectivity index (χ2v) is 5.83. The maximum absolute atomic E-state index is 9.15. The van der Waals surface area contributed by atoms with Gasteiger partial charge in [0.2, 0.25) is 0 Å². The average Bonchev–Trinajstić information content (AvgIpc) is 2.70. The summed E-state index contributed by atoms with van der Waals surface area (Å²) in [5.41, 5.74) is 2.06. The molecule has 1 fully saturated rings. The van der Waals surface area contributed by atoms with Crippen molar-refractivity contribution in [1.29, 1.82) is 5.26 Å². The number of benzene rings is 1. The Morgan fingerprint density at radius 2 is 1.90 bits per heavy atom. The number of likely N-dealkylation sites (tertiary alicyclic amines) is 1. The van der Waals surface area contributed by atoms with Gasteiger partial charge in [-0.05, 0) is 45.0 Å². The highest BCUT2D eigenvalue weighted by atomic mass is 15.2. The van der Waals surface area contributed by atoms with Gasteiger partial charge in [0.15, 0.2) is 0 Å². The van der Waals surface area contributed by atoms with Crippen molar-refractivity contribution in [3.8, 4) is 6.07 Å². The fourth-order valence-electron chi connectivity index (χ4n) is 3.30. The molecule has 0 bridgehead atoms. The van der Waals surface area contributed by atoms with Gasteiger partial charge >= 0.3 is 0 Å². The summed E-state index contributed by atoms with van der Waals surface area (Å²) in [4.78, 5) is 7.32. The van der Waals surface area contributed by atoms with Crippen molar-refractivity contribution < 1.29 is 0 Å². The summed E-state index contributed by atoms with van der Waals surface area (Å²) in [7, 11) is 0. The molecule has 1 atom stereocenters. The van der Waals surface area contributed by atoms with Gasteiger partial charge in [-0.25, -0.2) is 4.98 Å². The van der Waals surface area contributed by atoms with Crippen LogP contribution in [-0.4, -0.2) is 27.5 Å². The monoisotopic (exact) mass is 282 g/mol. The zero-order valence-corrected chi connectivity index (χ0v) is 12.6. The number of fused-ring (bicyclic) bond motifs is 1. The number of rotatable bonds is 3. The van der Waals surface area contributed by atoms with Crippen molar-refractivity contribution in [3.05, 3.63) is 30.1 Å². The molecule has 1 aliphatic rings. The highest BCUT2D eigenvalue weighted by molar-refractivity contribution is 5.76. The van der Waals surface area contributed by atoms with Gasteiger partial charge in [-0.1, -0.05) is 25.0 Å². The molecule has 1 saturated heterocycles. The lowest BCUT2D eigenvalue weighted by Gasteiger charge is -2.27. The Kier molecular flexibility index (Phi) is 4.21. The Morgan fingerprint density at radius 3 is 2.62 bits per heavy atom. The quantitative estimate of drug-likeness (QED) is 0.865. The molecule has 4 nitrogen and oxygen atoms in total. The first kappa shape index (κ1) is 14.1. The van der Waals surface area contributed by atoms with Gasteiger partial charge in [-0.3, -0.25) is 4.90 Å². The molecule has 0 radical (unpaired) electrons. The fraction of sp³-hybridized carbons (Fsp3) is 0.529. The minimum atomic E-state index is 0.267. The van der Waals surface area contributed by atoms with E-state index >= 15 is 0 Å². The lowest BCUT2D eigenvalue weighted by molar-refractivity contribution is 0.208. The first-order valence-corrected chi connectivity index (χ1v) is 7.87. The smallest absolute Gasteiger partial charge is 0.127 e. The third-order valence-corrected chi connectivity index (χ3v) is 4.47. The molecule has 2 aromatic rings. The van der Waals surface area contributed by atoms with Gasteiger partial charge in [-0.2, -0.15) is 5.26 Å². The molecule has 110 valence electrons. The summed E-state index contributed by atoms with van der Waals surface area (Å²) in [5, 5.41) is 9.15. The number of para-hydroxylation sites is 2. The van der Waals surface area contributed by atoms with Crippen LogP contribution in [0.2, 0.25) is 0 Å². The zero-order chi connectivity index (χ0) is 14.7. The van der Waals surface area contributed by atoms with Crippen LogP contribution in [0.15, 0.2) is 24.3 Å². The molecular weight excluding hydrogens is 260 g/mol. The Balaban J connectivity index is 1.98. The highest BCUT2D eigenvalue weighted by Crippen LogP contribution is 2.26. The van der Waals surface area contributed by atoms with Gasteiger partial charge < -0.3 is 4.57 Å². The van der Waals surface area contributed by atoms with Crippen molar-refractivity contribution >= 4 is 11.0 Å². The predicted octanol–water partition coefficient (Wildman–Crippen LogP) is 3.50. The molecule has 1 aromatic heterocycles. The predicted molar refractivity (Wildman–Crippen MR) is 83.8 cm³/mol. The molecule has 0 spiro atoms. The summed E-state index contributed by atoms with van der Waals surface area (Å²) in [6.07, 6.45) is 5.20. The summed E-state index contributed by atoms with van der Waals surface area (Å²) in [6.45, 7) is 4.86. The first-order chi connectivity index (χ1) is 10.3. The van der Waals surface area contributed by atoms with E-state index in [0.717, 1.165) is 29.9 Å². The minimum absolute atomic E-state index is 0.267. The average molecular weight is 282 g/mol. The van der Waals surface area contributed by atoms with Gasteiger partial charge in [0.05, 0.1) is 23.1 Å². The van der Waals surface area contributed by atoms with Crippen LogP contribution in [0.4, 0.5) is 0 Å². The second kappa shape index (κ2) is 6.28. The lowest BCUT2D eigenvalue weighted by Crippen LogP contribution is -2.30. The van der Waals surface area contributed by atoms with Crippen molar-refractivity contribution in [3.63, 3.8) is 0 Å². The number of nitrogens with zero attached hydrogens (tertiary/aromatic N) is 4. The highest BCUT2D eigenvalue weighted by Gasteiger charge is 2.22. The third kappa shape index (κ3) is 2.79. The Bertz CT molecular complexity index is 644. The van der Waals surface area contributed by atoms with E-state index in [1.54, 1.807) is 0 Å². The maximum Gasteiger partial charge on any atom is 0.127 e. The summed E-state index contributed by atoms with van der Waals surface area (Å²) in [5.74, 6) is 1.03. The molecule has 1 aromatic carbocycles. The molecule has 0 saturated carbocycles. The van der Waals surface area contributed by atoms with Crippen molar-refractivity contribution in [1.82, 2.24) is 14.5 Å². The number of hydrogen-bond acceptors (Lipinski definition) is 3. The topological polar surface area (TPSA) is 44.9 Å². The van der Waals surface area contributed by atoms with Crippen LogP contribution in [0.25, 0.3) is 11.0 Å². The summed E-state index contributed by atoms with van der Waals surface area (Å²) in [6, 6.07) is 10.6. The van der Waals surface area contributed by atoms with Crippen LogP contribution in [0, 0.1) is 11.3 Å². The summed E-state index contributed by atoms with van der Waals surface area (Å²) < 4.78 is 2.07. The van der Waals surface area contributed by atoms with Gasteiger partial charge in [0.25, 0.3) is 0 Å². The minimum Gasteiger partial charge on any atom is -0.313 e. The largest absolute Gasteiger partial charge is 0.313 e. The van der Waals surface area contributed by atoms with Crippen molar-refractivity contribution in [2.24, 2.45) is 0 Å². The molecule has 0 aliphatic carbocycles. The Morgan fingerprint density at radius 1 is 1.19 bits per heavy atom. The van der Waals surface area contributed by atoms with Crippen LogP contribution < -0.4 is 0 Å². The molecule has 0 amide bonds. The number of nitriles is 1. The molecule has 0 N–H and O–H groups in total. The number of aromatic nitrogens is 2. The molecule has 1 unspecified atom stereocenters. The molecular formula is C17H22N4. The van der Waals surface area contributed by atoms with E-state index < -0.39 is 0 Å². The van der Waals surface area contributed by atoms with Crippen LogP contribution in [0.5, 0.6) is 0 Å². The molecule has 4 heteroatoms. The van der Waals surface area contributed by atoms with E-state index in [0.29, 0.717) is 6.54 Å². The molecule has 3 rings (SSSR count). The van der Waals surface area contributed by atoms with Crippen LogP contribution in [0.3, 0.4) is 0 Å². The third-order valence-electron chi connectivity index (χ3n) is 4.47. The van der Waals surface area contributed by atoms with Crippen molar-refractivity contribution in [2.75, 3.05) is 13.1 Å². The molecule has 21 heavy (non-hydrogen) atoms. The molecule has 1 aliphatic heterocycles.